The smallest absolute Gasteiger partial charge is 0.324 e. The first-order valence-electron chi connectivity index (χ1n) is 7.63. The minimum atomic E-state index is -3.38. The molecule has 1 N–H and O–H groups in total. The third kappa shape index (κ3) is 4.75. The number of hydrogen-bond acceptors (Lipinski definition) is 7. The van der Waals surface area contributed by atoms with E-state index in [9.17, 15) is 4.89 Å². The van der Waals surface area contributed by atoms with Crippen LogP contribution in [0.25, 0.3) is 0 Å². The largest absolute Gasteiger partial charge is 0.370 e. The number of fused-ring (bicyclic) bond motifs is 2. The van der Waals surface area contributed by atoms with E-state index in [0.29, 0.717) is 12.8 Å². The molecule has 2 unspecified atom stereocenters. The van der Waals surface area contributed by atoms with Gasteiger partial charge in [-0.1, -0.05) is 6.13 Å². The standard InChI is InChI=1S/C13H22O7P2S/c1-8-4-10-13(18-8)7-16-22(14,23)20-11-5-9(2)17-12(11)6-15-21(3)19-10/h3,8-13H,4-7H2,1-2H3,(H,14,23)/t8-,9-,10-,11-,12+,13+,22?/m0/s1. The number of hydrogen-bond donors (Lipinski definition) is 1. The average Bonchev–Trinajstić information content (AvgIpc) is 2.96. The van der Waals surface area contributed by atoms with E-state index in [1.54, 1.807) is 0 Å². The van der Waals surface area contributed by atoms with Crippen molar-refractivity contribution in [2.75, 3.05) is 13.2 Å². The van der Waals surface area contributed by atoms with Crippen molar-refractivity contribution in [3.05, 3.63) is 0 Å². The van der Waals surface area contributed by atoms with Crippen LogP contribution in [0.1, 0.15) is 26.7 Å². The highest BCUT2D eigenvalue weighted by atomic mass is 32.5. The van der Waals surface area contributed by atoms with E-state index in [1.165, 1.54) is 0 Å². The van der Waals surface area contributed by atoms with Crippen LogP contribution in [0.5, 0.6) is 0 Å². The molecule has 0 aromatic rings. The van der Waals surface area contributed by atoms with Crippen molar-refractivity contribution in [3.63, 3.8) is 0 Å². The Labute approximate surface area is 142 Å². The summed E-state index contributed by atoms with van der Waals surface area (Å²) in [5.74, 6) is 0. The van der Waals surface area contributed by atoms with Crippen molar-refractivity contribution in [2.24, 2.45) is 0 Å². The highest BCUT2D eigenvalue weighted by Crippen LogP contribution is 2.49. The SMILES string of the molecule is C#P1OC[C@H]2O[C@@H](C)C[C@@H]2OP(O)(=S)OC[C@H]2O[C@@H](C)C[C@@H]2O1. The van der Waals surface area contributed by atoms with Gasteiger partial charge in [0.15, 0.2) is 7.83 Å². The van der Waals surface area contributed by atoms with Gasteiger partial charge in [0.25, 0.3) is 0 Å². The van der Waals surface area contributed by atoms with Crippen LogP contribution in [0, 0.1) is 6.13 Å². The zero-order chi connectivity index (χ0) is 16.6. The second-order valence-corrected chi connectivity index (χ2v) is 9.91. The topological polar surface area (TPSA) is 75.6 Å². The Morgan fingerprint density at radius 3 is 2.35 bits per heavy atom. The van der Waals surface area contributed by atoms with Crippen LogP contribution < -0.4 is 0 Å². The molecule has 10 heteroatoms. The van der Waals surface area contributed by atoms with Crippen molar-refractivity contribution in [3.8, 4) is 6.13 Å². The summed E-state index contributed by atoms with van der Waals surface area (Å²) in [6, 6.07) is 0. The van der Waals surface area contributed by atoms with Crippen LogP contribution in [0.2, 0.25) is 0 Å². The molecule has 3 saturated heterocycles. The lowest BCUT2D eigenvalue weighted by Gasteiger charge is -2.27. The molecule has 0 aromatic heterocycles. The molecule has 0 radical (unpaired) electrons. The van der Waals surface area contributed by atoms with Crippen molar-refractivity contribution in [1.29, 1.82) is 0 Å². The van der Waals surface area contributed by atoms with Crippen molar-refractivity contribution in [2.45, 2.75) is 63.3 Å². The summed E-state index contributed by atoms with van der Waals surface area (Å²) in [5.41, 5.74) is 0. The molecular formula is C13H22O7P2S. The lowest BCUT2D eigenvalue weighted by atomic mass is 10.1. The fourth-order valence-electron chi connectivity index (χ4n) is 3.04. The molecule has 3 aliphatic rings. The van der Waals surface area contributed by atoms with Gasteiger partial charge in [-0.15, -0.1) is 0 Å². The molecule has 0 amide bonds. The maximum absolute atomic E-state index is 10.3. The molecule has 3 rings (SSSR count). The normalized spacial score (nSPS) is 50.6. The molecule has 23 heavy (non-hydrogen) atoms. The monoisotopic (exact) mass is 384 g/mol. The van der Waals surface area contributed by atoms with Crippen molar-refractivity contribution < 1.29 is 32.5 Å². The summed E-state index contributed by atoms with van der Waals surface area (Å²) < 4.78 is 34.0. The maximum atomic E-state index is 10.3. The molecule has 132 valence electrons. The van der Waals surface area contributed by atoms with Gasteiger partial charge >= 0.3 is 6.72 Å². The maximum Gasteiger partial charge on any atom is 0.324 e. The molecule has 3 heterocycles. The lowest BCUT2D eigenvalue weighted by Crippen LogP contribution is -2.31. The van der Waals surface area contributed by atoms with Gasteiger partial charge in [0, 0.05) is 12.8 Å². The summed E-state index contributed by atoms with van der Waals surface area (Å²) in [5, 5.41) is 0. The van der Waals surface area contributed by atoms with Gasteiger partial charge in [-0.05, 0) is 25.7 Å². The average molecular weight is 384 g/mol. The Morgan fingerprint density at radius 2 is 1.65 bits per heavy atom. The fourth-order valence-corrected chi connectivity index (χ4v) is 5.35. The second-order valence-electron chi connectivity index (χ2n) is 6.07. The first-order chi connectivity index (χ1) is 10.8. The predicted molar refractivity (Wildman–Crippen MR) is 87.9 cm³/mol. The molecule has 0 saturated carbocycles. The summed E-state index contributed by atoms with van der Waals surface area (Å²) in [6.45, 7) is 0.808. The van der Waals surface area contributed by atoms with Gasteiger partial charge < -0.3 is 32.5 Å². The van der Waals surface area contributed by atoms with Crippen LogP contribution in [0.3, 0.4) is 0 Å². The quantitative estimate of drug-likeness (QED) is 0.638. The van der Waals surface area contributed by atoms with Gasteiger partial charge in [-0.25, -0.2) is 0 Å². The first-order valence-corrected chi connectivity index (χ1v) is 11.5. The van der Waals surface area contributed by atoms with E-state index in [2.05, 4.69) is 0 Å². The summed E-state index contributed by atoms with van der Waals surface area (Å²) >= 11 is 5.11. The number of ether oxygens (including phenoxy) is 2. The summed E-state index contributed by atoms with van der Waals surface area (Å²) in [6.07, 6.45) is 5.90. The van der Waals surface area contributed by atoms with Gasteiger partial charge in [0.1, 0.15) is 18.3 Å². The molecule has 0 bridgehead atoms. The summed E-state index contributed by atoms with van der Waals surface area (Å²) in [4.78, 5) is 10.3. The molecule has 8 atom stereocenters. The Balaban J connectivity index is 1.74. The van der Waals surface area contributed by atoms with E-state index >= 15 is 0 Å². The zero-order valence-corrected chi connectivity index (χ0v) is 15.7. The Kier molecular flexibility index (Phi) is 5.84. The highest BCUT2D eigenvalue weighted by molar-refractivity contribution is 8.07. The van der Waals surface area contributed by atoms with Crippen LogP contribution in [0.4, 0.5) is 0 Å². The predicted octanol–water partition coefficient (Wildman–Crippen LogP) is 2.28. The Morgan fingerprint density at radius 1 is 1.04 bits per heavy atom. The van der Waals surface area contributed by atoms with Crippen LogP contribution in [-0.2, 0) is 39.4 Å². The van der Waals surface area contributed by atoms with Gasteiger partial charge in [0.2, 0.25) is 0 Å². The van der Waals surface area contributed by atoms with Crippen molar-refractivity contribution in [1.82, 2.24) is 0 Å². The van der Waals surface area contributed by atoms with E-state index in [-0.39, 0.29) is 49.8 Å². The minimum absolute atomic E-state index is 0.0118. The Bertz CT molecular complexity index is 550. The molecule has 7 nitrogen and oxygen atoms in total. The zero-order valence-electron chi connectivity index (χ0n) is 13.1. The van der Waals surface area contributed by atoms with Crippen LogP contribution in [0.15, 0.2) is 0 Å². The second kappa shape index (κ2) is 7.36. The Hall–Kier alpha value is 0.450. The highest BCUT2D eigenvalue weighted by Gasteiger charge is 2.41. The molecule has 0 spiro atoms. The fraction of sp³-hybridized carbons (Fsp3) is 0.923. The van der Waals surface area contributed by atoms with E-state index in [4.69, 9.17) is 45.5 Å². The molecule has 3 aliphatic heterocycles. The van der Waals surface area contributed by atoms with Crippen LogP contribution in [-0.4, -0.2) is 54.7 Å². The lowest BCUT2D eigenvalue weighted by molar-refractivity contribution is -0.0310. The molecule has 0 aliphatic carbocycles. The first kappa shape index (κ1) is 18.2. The third-order valence-corrected chi connectivity index (χ3v) is 6.52. The minimum Gasteiger partial charge on any atom is -0.370 e. The van der Waals surface area contributed by atoms with Gasteiger partial charge in [-0.2, -0.15) is 0 Å². The molecule has 0 aromatic carbocycles. The summed E-state index contributed by atoms with van der Waals surface area (Å²) in [7, 11) is -1.55. The molecular weight excluding hydrogens is 362 g/mol. The van der Waals surface area contributed by atoms with Gasteiger partial charge in [-0.3, -0.25) is 0 Å². The van der Waals surface area contributed by atoms with Crippen LogP contribution >= 0.6 is 14.5 Å². The third-order valence-electron chi connectivity index (χ3n) is 4.05. The number of rotatable bonds is 0. The van der Waals surface area contributed by atoms with Crippen molar-refractivity contribution >= 4 is 26.4 Å². The van der Waals surface area contributed by atoms with E-state index < -0.39 is 14.5 Å². The van der Waals surface area contributed by atoms with Gasteiger partial charge in [0.05, 0.1) is 31.5 Å². The van der Waals surface area contributed by atoms with E-state index in [1.807, 2.05) is 13.8 Å². The molecule has 3 fully saturated rings. The van der Waals surface area contributed by atoms with E-state index in [0.717, 1.165) is 0 Å².